The number of rotatable bonds is 7. The Labute approximate surface area is 192 Å². The number of hydrogen-bond acceptors (Lipinski definition) is 16. The highest BCUT2D eigenvalue weighted by atomic mass is 16.7. The number of ether oxygens (including phenoxy) is 4. The Kier molecular flexibility index (Phi) is 8.85. The Morgan fingerprint density at radius 2 is 1.21 bits per heavy atom. The molecule has 3 aliphatic heterocycles. The monoisotopic (exact) mass is 504 g/mol. The summed E-state index contributed by atoms with van der Waals surface area (Å²) < 4.78 is 20.6. The van der Waals surface area contributed by atoms with Crippen molar-refractivity contribution in [3.63, 3.8) is 0 Å². The van der Waals surface area contributed by atoms with Crippen LogP contribution in [-0.4, -0.2) is 173 Å². The van der Waals surface area contributed by atoms with Crippen LogP contribution in [0.2, 0.25) is 0 Å². The fourth-order valence-electron chi connectivity index (χ4n) is 4.22. The van der Waals surface area contributed by atoms with E-state index < -0.39 is 111 Å². The lowest BCUT2D eigenvalue weighted by Crippen LogP contribution is -2.63. The van der Waals surface area contributed by atoms with Crippen LogP contribution in [0, 0.1) is 0 Å². The van der Waals surface area contributed by atoms with Gasteiger partial charge in [-0.2, -0.15) is 0 Å². The molecular weight excluding hydrogens is 472 g/mol. The molecule has 200 valence electrons. The molecule has 0 aromatic carbocycles. The van der Waals surface area contributed by atoms with Crippen molar-refractivity contribution in [1.29, 1.82) is 0 Å². The maximum absolute atomic E-state index is 10.7. The molecule has 15 atom stereocenters. The Hall–Kier alpha value is -0.640. The van der Waals surface area contributed by atoms with Crippen LogP contribution in [0.25, 0.3) is 0 Å². The summed E-state index contributed by atoms with van der Waals surface area (Å²) in [6.07, 6.45) is -24.8. The minimum absolute atomic E-state index is 0.750. The SMILES string of the molecule is OC[C@H]1O[C@H](OC[C@@]2(O)O[C@H](C(O)[C@H]3O[C@H](CO)[C@@H](O)[C@H](O)[C@H]3O)[C@@H](O)[C@@H]2O)[C@H](O)[C@@H](O)[C@H]1O. The van der Waals surface area contributed by atoms with E-state index in [-0.39, 0.29) is 0 Å². The van der Waals surface area contributed by atoms with E-state index in [0.717, 1.165) is 0 Å². The van der Waals surface area contributed by atoms with Crippen molar-refractivity contribution in [2.45, 2.75) is 91.4 Å². The zero-order valence-electron chi connectivity index (χ0n) is 17.7. The average Bonchev–Trinajstić information content (AvgIpc) is 3.05. The number of aliphatic hydroxyl groups excluding tert-OH is 11. The lowest BCUT2D eigenvalue weighted by molar-refractivity contribution is -0.335. The third kappa shape index (κ3) is 4.96. The van der Waals surface area contributed by atoms with E-state index in [1.807, 2.05) is 0 Å². The maximum atomic E-state index is 10.7. The summed E-state index contributed by atoms with van der Waals surface area (Å²) >= 11 is 0. The van der Waals surface area contributed by atoms with Crippen molar-refractivity contribution in [2.75, 3.05) is 19.8 Å². The summed E-state index contributed by atoms with van der Waals surface area (Å²) in [5.41, 5.74) is 0. The van der Waals surface area contributed by atoms with Gasteiger partial charge in [0.05, 0.1) is 13.2 Å². The molecule has 3 heterocycles. The van der Waals surface area contributed by atoms with Gasteiger partial charge >= 0.3 is 0 Å². The van der Waals surface area contributed by atoms with E-state index >= 15 is 0 Å². The summed E-state index contributed by atoms with van der Waals surface area (Å²) in [6, 6.07) is 0. The van der Waals surface area contributed by atoms with E-state index in [2.05, 4.69) is 0 Å². The van der Waals surface area contributed by atoms with E-state index in [9.17, 15) is 61.3 Å². The van der Waals surface area contributed by atoms with E-state index in [1.165, 1.54) is 0 Å². The van der Waals surface area contributed by atoms with Crippen LogP contribution >= 0.6 is 0 Å². The Balaban J connectivity index is 1.68. The van der Waals surface area contributed by atoms with Gasteiger partial charge in [-0.3, -0.25) is 0 Å². The van der Waals surface area contributed by atoms with Gasteiger partial charge in [0.25, 0.3) is 0 Å². The first-order valence-electron chi connectivity index (χ1n) is 10.5. The van der Waals surface area contributed by atoms with Crippen molar-refractivity contribution >= 4 is 0 Å². The van der Waals surface area contributed by atoms with E-state index in [0.29, 0.717) is 0 Å². The topological polar surface area (TPSA) is 280 Å². The summed E-state index contributed by atoms with van der Waals surface area (Å²) in [4.78, 5) is 0. The molecule has 3 aliphatic rings. The van der Waals surface area contributed by atoms with Crippen LogP contribution in [0.5, 0.6) is 0 Å². The van der Waals surface area contributed by atoms with Gasteiger partial charge in [0, 0.05) is 0 Å². The Bertz CT molecular complexity index is 666. The lowest BCUT2D eigenvalue weighted by Gasteiger charge is -2.43. The molecule has 0 bridgehead atoms. The molecule has 0 aliphatic carbocycles. The van der Waals surface area contributed by atoms with Crippen molar-refractivity contribution in [2.24, 2.45) is 0 Å². The van der Waals surface area contributed by atoms with Gasteiger partial charge in [-0.05, 0) is 0 Å². The second-order valence-corrected chi connectivity index (χ2v) is 8.66. The largest absolute Gasteiger partial charge is 0.394 e. The van der Waals surface area contributed by atoms with Gasteiger partial charge in [-0.15, -0.1) is 0 Å². The van der Waals surface area contributed by atoms with Gasteiger partial charge < -0.3 is 80.2 Å². The molecule has 12 N–H and O–H groups in total. The molecule has 3 saturated heterocycles. The van der Waals surface area contributed by atoms with Gasteiger partial charge in [0.15, 0.2) is 6.29 Å². The first kappa shape index (κ1) is 27.9. The predicted molar refractivity (Wildman–Crippen MR) is 101 cm³/mol. The molecule has 0 radical (unpaired) electrons. The van der Waals surface area contributed by atoms with Crippen molar-refractivity contribution in [3.05, 3.63) is 0 Å². The van der Waals surface area contributed by atoms with Crippen LogP contribution in [0.1, 0.15) is 0 Å². The molecule has 3 fully saturated rings. The van der Waals surface area contributed by atoms with Gasteiger partial charge in [0.1, 0.15) is 86.0 Å². The van der Waals surface area contributed by atoms with Crippen molar-refractivity contribution < 1.29 is 80.2 Å². The molecule has 0 amide bonds. The molecular formula is C18H32O16. The van der Waals surface area contributed by atoms with Crippen LogP contribution in [0.15, 0.2) is 0 Å². The normalized spacial score (nSPS) is 53.1. The summed E-state index contributed by atoms with van der Waals surface area (Å²) in [5.74, 6) is -2.72. The number of aliphatic hydroxyl groups is 12. The Morgan fingerprint density at radius 3 is 1.76 bits per heavy atom. The molecule has 16 heteroatoms. The molecule has 16 nitrogen and oxygen atoms in total. The minimum atomic E-state index is -2.72. The second kappa shape index (κ2) is 10.8. The maximum Gasteiger partial charge on any atom is 0.219 e. The fourth-order valence-corrected chi connectivity index (χ4v) is 4.22. The van der Waals surface area contributed by atoms with Crippen molar-refractivity contribution in [1.82, 2.24) is 0 Å². The molecule has 3 rings (SSSR count). The summed E-state index contributed by atoms with van der Waals surface area (Å²) in [6.45, 7) is -2.55. The standard InChI is InChI=1S/C18H32O16/c19-1-4-6(21)8(23)10(25)14(32-4)12(27)15-13(28)16(29)18(30,34-15)3-31-17-11(26)9(24)7(22)5(2-20)33-17/h4-17,19-30H,1-3H2/t4-,5-,6-,7+,8+,9+,10-,11-,12?,13-,14+,15-,16+,17+,18-/m1/s1. The second-order valence-electron chi connectivity index (χ2n) is 8.66. The fraction of sp³-hybridized carbons (Fsp3) is 1.00. The first-order valence-corrected chi connectivity index (χ1v) is 10.5. The quantitative estimate of drug-likeness (QED) is 0.153. The predicted octanol–water partition coefficient (Wildman–Crippen LogP) is -8.18. The molecule has 0 saturated carbocycles. The van der Waals surface area contributed by atoms with Crippen LogP contribution in [0.3, 0.4) is 0 Å². The van der Waals surface area contributed by atoms with Crippen molar-refractivity contribution in [3.8, 4) is 0 Å². The summed E-state index contributed by atoms with van der Waals surface area (Å²) in [7, 11) is 0. The van der Waals surface area contributed by atoms with Crippen LogP contribution < -0.4 is 0 Å². The minimum Gasteiger partial charge on any atom is -0.394 e. The highest BCUT2D eigenvalue weighted by molar-refractivity contribution is 5.04. The highest BCUT2D eigenvalue weighted by Crippen LogP contribution is 2.35. The van der Waals surface area contributed by atoms with Gasteiger partial charge in [-0.1, -0.05) is 0 Å². The van der Waals surface area contributed by atoms with Gasteiger partial charge in [-0.25, -0.2) is 0 Å². The van der Waals surface area contributed by atoms with E-state index in [4.69, 9.17) is 18.9 Å². The first-order chi connectivity index (χ1) is 15.9. The number of hydrogen-bond donors (Lipinski definition) is 12. The third-order valence-electron chi connectivity index (χ3n) is 6.37. The molecule has 0 aromatic heterocycles. The zero-order valence-corrected chi connectivity index (χ0v) is 17.7. The molecule has 0 aromatic rings. The van der Waals surface area contributed by atoms with Crippen LogP contribution in [-0.2, 0) is 18.9 Å². The molecule has 34 heavy (non-hydrogen) atoms. The van der Waals surface area contributed by atoms with Gasteiger partial charge in [0.2, 0.25) is 5.79 Å². The Morgan fingerprint density at radius 1 is 0.676 bits per heavy atom. The highest BCUT2D eigenvalue weighted by Gasteiger charge is 2.59. The average molecular weight is 504 g/mol. The molecule has 0 spiro atoms. The third-order valence-corrected chi connectivity index (χ3v) is 6.37. The van der Waals surface area contributed by atoms with Crippen LogP contribution in [0.4, 0.5) is 0 Å². The molecule has 1 unspecified atom stereocenters. The lowest BCUT2D eigenvalue weighted by atomic mass is 9.89. The van der Waals surface area contributed by atoms with E-state index in [1.54, 1.807) is 0 Å². The summed E-state index contributed by atoms with van der Waals surface area (Å²) in [5, 5.41) is 120. The zero-order chi connectivity index (χ0) is 25.5. The smallest absolute Gasteiger partial charge is 0.219 e.